The maximum atomic E-state index is 11.9. The minimum Gasteiger partial charge on any atom is -0.375 e. The lowest BCUT2D eigenvalue weighted by Gasteiger charge is -2.20. The number of methoxy groups -OCH3 is 1. The fourth-order valence-electron chi connectivity index (χ4n) is 2.45. The van der Waals surface area contributed by atoms with E-state index in [0.717, 1.165) is 30.9 Å². The van der Waals surface area contributed by atoms with Gasteiger partial charge in [0, 0.05) is 45.8 Å². The molecule has 0 fully saturated rings. The molecule has 0 N–H and O–H groups in total. The lowest BCUT2D eigenvalue weighted by Crippen LogP contribution is -2.35. The Hall–Kier alpha value is -1.69. The molecule has 110 valence electrons. The summed E-state index contributed by atoms with van der Waals surface area (Å²) in [6, 6.07) is 0. The number of aromatic nitrogens is 2. The maximum Gasteiger partial charge on any atom is 0.248 e. The molecule has 0 unspecified atom stereocenters. The monoisotopic (exact) mass is 278 g/mol. The molecule has 0 atom stereocenters. The van der Waals surface area contributed by atoms with Crippen LogP contribution in [-0.4, -0.2) is 61.2 Å². The van der Waals surface area contributed by atoms with Crippen LogP contribution < -0.4 is 4.90 Å². The normalized spacial score (nSPS) is 14.7. The number of hydrogen-bond acceptors (Lipinski definition) is 5. The number of anilines is 1. The van der Waals surface area contributed by atoms with Gasteiger partial charge >= 0.3 is 0 Å². The van der Waals surface area contributed by atoms with E-state index in [4.69, 9.17) is 4.74 Å². The zero-order valence-corrected chi connectivity index (χ0v) is 12.4. The van der Waals surface area contributed by atoms with E-state index in [1.165, 1.54) is 5.56 Å². The molecule has 1 aromatic heterocycles. The van der Waals surface area contributed by atoms with Gasteiger partial charge in [0.05, 0.1) is 5.69 Å². The Bertz CT molecular complexity index is 478. The molecule has 1 aromatic rings. The fraction of sp³-hybridized carbons (Fsp3) is 0.643. The van der Waals surface area contributed by atoms with Crippen molar-refractivity contribution in [2.24, 2.45) is 0 Å². The molecule has 0 saturated carbocycles. The molecule has 0 radical (unpaired) electrons. The van der Waals surface area contributed by atoms with Crippen molar-refractivity contribution in [3.8, 4) is 0 Å². The maximum absolute atomic E-state index is 11.9. The van der Waals surface area contributed by atoms with Crippen LogP contribution in [0.3, 0.4) is 0 Å². The second-order valence-corrected chi connectivity index (χ2v) is 4.95. The summed E-state index contributed by atoms with van der Waals surface area (Å²) in [5.41, 5.74) is 2.23. The third-order valence-corrected chi connectivity index (χ3v) is 3.72. The molecule has 6 nitrogen and oxygen atoms in total. The summed E-state index contributed by atoms with van der Waals surface area (Å²) in [4.78, 5) is 24.7. The minimum atomic E-state index is 0.0404. The molecule has 2 heterocycles. The molecule has 1 amide bonds. The number of carbonyl (C=O) groups excluding carboxylic acids is 1. The summed E-state index contributed by atoms with van der Waals surface area (Å²) in [6.07, 6.45) is 3.19. The Kier molecular flexibility index (Phi) is 4.89. The van der Waals surface area contributed by atoms with E-state index in [9.17, 15) is 4.79 Å². The second-order valence-electron chi connectivity index (χ2n) is 4.95. The first-order valence-corrected chi connectivity index (χ1v) is 6.98. The second kappa shape index (κ2) is 6.65. The summed E-state index contributed by atoms with van der Waals surface area (Å²) in [5.74, 6) is 1.03. The Morgan fingerprint density at radius 3 is 2.85 bits per heavy atom. The fourth-order valence-corrected chi connectivity index (χ4v) is 2.45. The number of carbonyl (C=O) groups is 1. The molecule has 1 aliphatic rings. The van der Waals surface area contributed by atoms with Gasteiger partial charge in [0.25, 0.3) is 0 Å². The van der Waals surface area contributed by atoms with E-state index in [0.29, 0.717) is 13.1 Å². The molecule has 0 saturated heterocycles. The molecule has 2 rings (SSSR count). The number of hydrogen-bond donors (Lipinski definition) is 0. The molecule has 0 spiro atoms. The third-order valence-electron chi connectivity index (χ3n) is 3.72. The first kappa shape index (κ1) is 14.7. The predicted octanol–water partition coefficient (Wildman–Crippen LogP) is 0.506. The quantitative estimate of drug-likeness (QED) is 0.803. The van der Waals surface area contributed by atoms with Gasteiger partial charge in [-0.15, -0.1) is 0 Å². The van der Waals surface area contributed by atoms with Crippen molar-refractivity contribution in [2.45, 2.75) is 19.8 Å². The van der Waals surface area contributed by atoms with Crippen LogP contribution >= 0.6 is 0 Å². The Labute approximate surface area is 119 Å². The molecule has 0 bridgehead atoms. The number of amides is 1. The van der Waals surface area contributed by atoms with Gasteiger partial charge in [-0.05, 0) is 13.3 Å². The number of fused-ring (bicyclic) bond motifs is 1. The van der Waals surface area contributed by atoms with Crippen LogP contribution in [0.1, 0.15) is 18.2 Å². The Morgan fingerprint density at radius 2 is 2.15 bits per heavy atom. The highest BCUT2D eigenvalue weighted by Crippen LogP contribution is 2.22. The zero-order chi connectivity index (χ0) is 14.5. The SMILES string of the molecule is CCN(C)c1ncnc2c1CCN(C(=O)COC)CC2. The van der Waals surface area contributed by atoms with Crippen LogP contribution in [0.2, 0.25) is 0 Å². The third kappa shape index (κ3) is 3.07. The zero-order valence-electron chi connectivity index (χ0n) is 12.4. The smallest absolute Gasteiger partial charge is 0.248 e. The summed E-state index contributed by atoms with van der Waals surface area (Å²) in [7, 11) is 3.58. The highest BCUT2D eigenvalue weighted by Gasteiger charge is 2.22. The van der Waals surface area contributed by atoms with E-state index in [2.05, 4.69) is 21.8 Å². The van der Waals surface area contributed by atoms with Gasteiger partial charge in [-0.2, -0.15) is 0 Å². The van der Waals surface area contributed by atoms with Gasteiger partial charge in [-0.3, -0.25) is 4.79 Å². The summed E-state index contributed by atoms with van der Waals surface area (Å²) in [5, 5.41) is 0. The summed E-state index contributed by atoms with van der Waals surface area (Å²) in [6.45, 7) is 4.54. The van der Waals surface area contributed by atoms with Gasteiger partial charge in [-0.1, -0.05) is 0 Å². The average Bonchev–Trinajstić information content (AvgIpc) is 2.69. The van der Waals surface area contributed by atoms with Crippen LogP contribution in [0.4, 0.5) is 5.82 Å². The van der Waals surface area contributed by atoms with Crippen LogP contribution in [0.5, 0.6) is 0 Å². The Morgan fingerprint density at radius 1 is 1.40 bits per heavy atom. The van der Waals surface area contributed by atoms with Crippen molar-refractivity contribution >= 4 is 11.7 Å². The van der Waals surface area contributed by atoms with Gasteiger partial charge in [0.1, 0.15) is 18.8 Å². The highest BCUT2D eigenvalue weighted by molar-refractivity contribution is 5.77. The van der Waals surface area contributed by atoms with E-state index < -0.39 is 0 Å². The van der Waals surface area contributed by atoms with Crippen LogP contribution in [0.15, 0.2) is 6.33 Å². The molecular weight excluding hydrogens is 256 g/mol. The predicted molar refractivity (Wildman–Crippen MR) is 76.8 cm³/mol. The van der Waals surface area contributed by atoms with Crippen LogP contribution in [0.25, 0.3) is 0 Å². The average molecular weight is 278 g/mol. The van der Waals surface area contributed by atoms with Crippen molar-refractivity contribution in [3.63, 3.8) is 0 Å². The van der Waals surface area contributed by atoms with Crippen molar-refractivity contribution < 1.29 is 9.53 Å². The van der Waals surface area contributed by atoms with Crippen LogP contribution in [0, 0.1) is 0 Å². The van der Waals surface area contributed by atoms with Crippen molar-refractivity contribution in [2.75, 3.05) is 45.3 Å². The Balaban J connectivity index is 2.19. The number of nitrogens with zero attached hydrogens (tertiary/aromatic N) is 4. The molecular formula is C14H22N4O2. The lowest BCUT2D eigenvalue weighted by atomic mass is 10.1. The minimum absolute atomic E-state index is 0.0404. The molecule has 0 aromatic carbocycles. The van der Waals surface area contributed by atoms with Gasteiger partial charge < -0.3 is 14.5 Å². The van der Waals surface area contributed by atoms with Crippen LogP contribution in [-0.2, 0) is 22.4 Å². The molecule has 20 heavy (non-hydrogen) atoms. The lowest BCUT2D eigenvalue weighted by molar-refractivity contribution is -0.135. The number of rotatable bonds is 4. The summed E-state index contributed by atoms with van der Waals surface area (Å²) >= 11 is 0. The van der Waals surface area contributed by atoms with E-state index >= 15 is 0 Å². The first-order valence-electron chi connectivity index (χ1n) is 6.98. The topological polar surface area (TPSA) is 58.6 Å². The molecule has 0 aliphatic carbocycles. The van der Waals surface area contributed by atoms with Gasteiger partial charge in [0.15, 0.2) is 0 Å². The number of ether oxygens (including phenoxy) is 1. The van der Waals surface area contributed by atoms with Crippen molar-refractivity contribution in [1.82, 2.24) is 14.9 Å². The van der Waals surface area contributed by atoms with Crippen molar-refractivity contribution in [3.05, 3.63) is 17.6 Å². The van der Waals surface area contributed by atoms with E-state index in [1.54, 1.807) is 13.4 Å². The van der Waals surface area contributed by atoms with E-state index in [1.807, 2.05) is 11.9 Å². The largest absolute Gasteiger partial charge is 0.375 e. The van der Waals surface area contributed by atoms with E-state index in [-0.39, 0.29) is 12.5 Å². The molecule has 6 heteroatoms. The van der Waals surface area contributed by atoms with Crippen molar-refractivity contribution in [1.29, 1.82) is 0 Å². The highest BCUT2D eigenvalue weighted by atomic mass is 16.5. The van der Waals surface area contributed by atoms with Gasteiger partial charge in [-0.25, -0.2) is 9.97 Å². The molecule has 1 aliphatic heterocycles. The first-order chi connectivity index (χ1) is 9.67. The van der Waals surface area contributed by atoms with Gasteiger partial charge in [0.2, 0.25) is 5.91 Å². The standard InChI is InChI=1S/C14H22N4O2/c1-4-17(2)14-11-5-7-18(13(19)9-20-3)8-6-12(11)15-10-16-14/h10H,4-9H2,1-3H3. The summed E-state index contributed by atoms with van der Waals surface area (Å²) < 4.78 is 4.93.